The summed E-state index contributed by atoms with van der Waals surface area (Å²) in [6, 6.07) is 10.4. The Morgan fingerprint density at radius 3 is 2.60 bits per heavy atom. The SMILES string of the molecule is O=C(c1ccccc1C(F)(F)F)N1CCSc2nnc(COc3ccccc3F)n21. The molecule has 6 nitrogen and oxygen atoms in total. The topological polar surface area (TPSA) is 60.3 Å². The van der Waals surface area contributed by atoms with Crippen LogP contribution in [0.3, 0.4) is 0 Å². The third kappa shape index (κ3) is 3.84. The summed E-state index contributed by atoms with van der Waals surface area (Å²) >= 11 is 1.30. The number of carbonyl (C=O) groups is 1. The highest BCUT2D eigenvalue weighted by Crippen LogP contribution is 2.33. The maximum atomic E-state index is 13.8. The molecule has 3 aromatic rings. The minimum Gasteiger partial charge on any atom is -0.482 e. The van der Waals surface area contributed by atoms with Crippen LogP contribution in [-0.4, -0.2) is 33.1 Å². The molecule has 156 valence electrons. The number of hydrogen-bond acceptors (Lipinski definition) is 5. The van der Waals surface area contributed by atoms with E-state index in [1.165, 1.54) is 46.8 Å². The number of carbonyl (C=O) groups excluding carboxylic acids is 1. The monoisotopic (exact) mass is 438 g/mol. The van der Waals surface area contributed by atoms with Gasteiger partial charge in [0.25, 0.3) is 5.91 Å². The summed E-state index contributed by atoms with van der Waals surface area (Å²) in [6.07, 6.45) is -4.68. The van der Waals surface area contributed by atoms with Gasteiger partial charge in [-0.2, -0.15) is 13.2 Å². The molecule has 11 heteroatoms. The molecule has 0 aliphatic carbocycles. The molecule has 0 radical (unpaired) electrons. The summed E-state index contributed by atoms with van der Waals surface area (Å²) in [7, 11) is 0. The average Bonchev–Trinajstić information content (AvgIpc) is 3.15. The van der Waals surface area contributed by atoms with Crippen molar-refractivity contribution in [2.24, 2.45) is 0 Å². The van der Waals surface area contributed by atoms with Crippen molar-refractivity contribution >= 4 is 17.7 Å². The fourth-order valence-corrected chi connectivity index (χ4v) is 3.87. The normalized spacial score (nSPS) is 13.8. The van der Waals surface area contributed by atoms with E-state index >= 15 is 0 Å². The number of alkyl halides is 3. The van der Waals surface area contributed by atoms with Gasteiger partial charge >= 0.3 is 6.18 Å². The molecule has 0 bridgehead atoms. The van der Waals surface area contributed by atoms with Crippen LogP contribution < -0.4 is 9.75 Å². The Morgan fingerprint density at radius 1 is 1.10 bits per heavy atom. The van der Waals surface area contributed by atoms with Crippen LogP contribution >= 0.6 is 11.8 Å². The van der Waals surface area contributed by atoms with Crippen molar-refractivity contribution in [1.82, 2.24) is 14.9 Å². The zero-order valence-corrected chi connectivity index (χ0v) is 16.1. The quantitative estimate of drug-likeness (QED) is 0.579. The number of halogens is 4. The highest BCUT2D eigenvalue weighted by Gasteiger charge is 2.37. The number of thioether (sulfide) groups is 1. The first-order valence-corrected chi connectivity index (χ1v) is 9.77. The van der Waals surface area contributed by atoms with E-state index in [0.29, 0.717) is 10.9 Å². The van der Waals surface area contributed by atoms with Crippen molar-refractivity contribution in [3.05, 3.63) is 71.3 Å². The number of amides is 1. The molecule has 4 rings (SSSR count). The van der Waals surface area contributed by atoms with Gasteiger partial charge in [0.2, 0.25) is 5.16 Å². The van der Waals surface area contributed by atoms with Crippen molar-refractivity contribution in [3.63, 3.8) is 0 Å². The first kappa shape index (κ1) is 20.2. The van der Waals surface area contributed by atoms with Crippen molar-refractivity contribution in [3.8, 4) is 5.75 Å². The van der Waals surface area contributed by atoms with Crippen LogP contribution in [0, 0.1) is 5.82 Å². The lowest BCUT2D eigenvalue weighted by molar-refractivity contribution is -0.137. The Labute approximate surface area is 172 Å². The van der Waals surface area contributed by atoms with Crippen molar-refractivity contribution < 1.29 is 27.1 Å². The highest BCUT2D eigenvalue weighted by molar-refractivity contribution is 7.99. The molecule has 1 aliphatic heterocycles. The highest BCUT2D eigenvalue weighted by atomic mass is 32.2. The molecule has 0 atom stereocenters. The largest absolute Gasteiger partial charge is 0.482 e. The first-order chi connectivity index (χ1) is 14.4. The number of aromatic nitrogens is 3. The Hall–Kier alpha value is -3.08. The number of hydrogen-bond donors (Lipinski definition) is 0. The Balaban J connectivity index is 1.65. The molecule has 0 unspecified atom stereocenters. The molecule has 2 heterocycles. The zero-order valence-electron chi connectivity index (χ0n) is 15.3. The van der Waals surface area contributed by atoms with E-state index in [0.717, 1.165) is 17.1 Å². The van der Waals surface area contributed by atoms with Crippen LogP contribution in [0.5, 0.6) is 5.75 Å². The Morgan fingerprint density at radius 2 is 1.83 bits per heavy atom. The summed E-state index contributed by atoms with van der Waals surface area (Å²) in [6.45, 7) is -0.0768. The van der Waals surface area contributed by atoms with Crippen LogP contribution in [0.25, 0.3) is 0 Å². The second-order valence-electron chi connectivity index (χ2n) is 6.25. The number of fused-ring (bicyclic) bond motifs is 1. The molecule has 30 heavy (non-hydrogen) atoms. The number of benzene rings is 2. The van der Waals surface area contributed by atoms with Gasteiger partial charge in [-0.25, -0.2) is 14.1 Å². The smallest absolute Gasteiger partial charge is 0.417 e. The van der Waals surface area contributed by atoms with E-state index in [9.17, 15) is 22.4 Å². The van der Waals surface area contributed by atoms with E-state index < -0.39 is 29.0 Å². The third-order valence-electron chi connectivity index (χ3n) is 4.34. The lowest BCUT2D eigenvalue weighted by Crippen LogP contribution is -2.46. The summed E-state index contributed by atoms with van der Waals surface area (Å²) < 4.78 is 60.7. The molecule has 0 N–H and O–H groups in total. The van der Waals surface area contributed by atoms with E-state index in [1.54, 1.807) is 6.07 Å². The molecule has 0 saturated carbocycles. The maximum Gasteiger partial charge on any atom is 0.417 e. The van der Waals surface area contributed by atoms with Crippen LogP contribution in [0.15, 0.2) is 53.7 Å². The number of rotatable bonds is 4. The molecule has 0 spiro atoms. The van der Waals surface area contributed by atoms with Crippen molar-refractivity contribution in [1.29, 1.82) is 0 Å². The van der Waals surface area contributed by atoms with E-state index in [1.807, 2.05) is 0 Å². The van der Waals surface area contributed by atoms with Gasteiger partial charge in [0.1, 0.15) is 6.61 Å². The predicted molar refractivity (Wildman–Crippen MR) is 100 cm³/mol. The fourth-order valence-electron chi connectivity index (χ4n) is 2.99. The second-order valence-corrected chi connectivity index (χ2v) is 7.31. The number of ether oxygens (including phenoxy) is 1. The van der Waals surface area contributed by atoms with Gasteiger partial charge in [-0.05, 0) is 24.3 Å². The van der Waals surface area contributed by atoms with E-state index in [4.69, 9.17) is 4.74 Å². The molecular formula is C19H14F4N4O2S. The van der Waals surface area contributed by atoms with Gasteiger partial charge in [0.05, 0.1) is 17.7 Å². The van der Waals surface area contributed by atoms with Crippen molar-refractivity contribution in [2.75, 3.05) is 17.3 Å². The number of para-hydroxylation sites is 1. The molecule has 0 fully saturated rings. The van der Waals surface area contributed by atoms with Crippen LogP contribution in [-0.2, 0) is 12.8 Å². The number of nitrogens with zero attached hydrogens (tertiary/aromatic N) is 4. The average molecular weight is 438 g/mol. The predicted octanol–water partition coefficient (Wildman–Crippen LogP) is 3.90. The molecule has 1 aliphatic rings. The van der Waals surface area contributed by atoms with Crippen LogP contribution in [0.2, 0.25) is 0 Å². The Bertz CT molecular complexity index is 1090. The molecular weight excluding hydrogens is 424 g/mol. The van der Waals surface area contributed by atoms with Crippen LogP contribution in [0.1, 0.15) is 21.7 Å². The zero-order chi connectivity index (χ0) is 21.3. The van der Waals surface area contributed by atoms with Gasteiger partial charge in [-0.1, -0.05) is 36.0 Å². The van der Waals surface area contributed by atoms with Gasteiger partial charge in [-0.15, -0.1) is 10.2 Å². The lowest BCUT2D eigenvalue weighted by Gasteiger charge is -2.29. The van der Waals surface area contributed by atoms with Gasteiger partial charge in [0, 0.05) is 5.75 Å². The first-order valence-electron chi connectivity index (χ1n) is 8.79. The van der Waals surface area contributed by atoms with Gasteiger partial charge in [0.15, 0.2) is 17.4 Å². The summed E-state index contributed by atoms with van der Waals surface area (Å²) in [5.41, 5.74) is -1.50. The van der Waals surface area contributed by atoms with Gasteiger partial charge < -0.3 is 4.74 Å². The van der Waals surface area contributed by atoms with Gasteiger partial charge in [-0.3, -0.25) is 4.79 Å². The van der Waals surface area contributed by atoms with Crippen LogP contribution in [0.4, 0.5) is 17.6 Å². The fraction of sp³-hybridized carbons (Fsp3) is 0.211. The second kappa shape index (κ2) is 7.98. The van der Waals surface area contributed by atoms with E-state index in [-0.39, 0.29) is 24.7 Å². The molecule has 0 saturated heterocycles. The molecule has 1 amide bonds. The van der Waals surface area contributed by atoms with Crippen molar-refractivity contribution in [2.45, 2.75) is 17.9 Å². The van der Waals surface area contributed by atoms with E-state index in [2.05, 4.69) is 10.2 Å². The Kier molecular flexibility index (Phi) is 5.37. The lowest BCUT2D eigenvalue weighted by atomic mass is 10.1. The maximum absolute atomic E-state index is 13.8. The standard InChI is InChI=1S/C19H14F4N4O2S/c20-14-7-3-4-8-15(14)29-11-16-24-25-18-27(16)26(9-10-30-18)17(28)12-5-1-2-6-13(12)19(21,22)23/h1-8H,9-11H2. The summed E-state index contributed by atoms with van der Waals surface area (Å²) in [5.74, 6) is -0.822. The summed E-state index contributed by atoms with van der Waals surface area (Å²) in [4.78, 5) is 13.0. The molecule has 2 aromatic carbocycles. The molecule has 1 aromatic heterocycles. The minimum atomic E-state index is -4.68. The third-order valence-corrected chi connectivity index (χ3v) is 5.24. The minimum absolute atomic E-state index is 0.0152. The summed E-state index contributed by atoms with van der Waals surface area (Å²) in [5, 5.41) is 9.43.